The van der Waals surface area contributed by atoms with Gasteiger partial charge in [0.2, 0.25) is 5.91 Å². The van der Waals surface area contributed by atoms with E-state index in [9.17, 15) is 13.2 Å². The molecule has 1 aliphatic rings. The molecule has 0 bridgehead atoms. The van der Waals surface area contributed by atoms with Gasteiger partial charge in [-0.1, -0.05) is 0 Å². The number of amides is 1. The van der Waals surface area contributed by atoms with Gasteiger partial charge in [0, 0.05) is 36.8 Å². The Hall–Kier alpha value is -0.310. The maximum Gasteiger partial charge on any atom is 0.235 e. The predicted molar refractivity (Wildman–Crippen MR) is 69.1 cm³/mol. The number of nitrogens with zero attached hydrogens (tertiary/aromatic N) is 1. The van der Waals surface area contributed by atoms with Crippen LogP contribution in [0.1, 0.15) is 13.3 Å². The van der Waals surface area contributed by atoms with E-state index < -0.39 is 15.2 Å². The molecule has 0 aromatic heterocycles. The highest BCUT2D eigenvalue weighted by Crippen LogP contribution is 2.23. The third-order valence-electron chi connectivity index (χ3n) is 2.83. The molecule has 1 saturated heterocycles. The van der Waals surface area contributed by atoms with Gasteiger partial charge in [-0.05, 0) is 6.92 Å². The monoisotopic (exact) mass is 281 g/mol. The lowest BCUT2D eigenvalue weighted by Gasteiger charge is -2.38. The number of nitrogens with two attached hydrogens (primary N) is 1. The van der Waals surface area contributed by atoms with Gasteiger partial charge in [-0.3, -0.25) is 15.1 Å². The fourth-order valence-corrected chi connectivity index (χ4v) is 4.89. The quantitative estimate of drug-likeness (QED) is 0.397. The van der Waals surface area contributed by atoms with E-state index in [1.54, 1.807) is 11.8 Å². The molecular formula is C9H19N3O3S2. The highest BCUT2D eigenvalue weighted by atomic mass is 32.2. The van der Waals surface area contributed by atoms with Crippen molar-refractivity contribution >= 4 is 27.5 Å². The molecule has 2 unspecified atom stereocenters. The van der Waals surface area contributed by atoms with Crippen molar-refractivity contribution in [1.82, 2.24) is 10.3 Å². The molecule has 6 nitrogen and oxygen atoms in total. The van der Waals surface area contributed by atoms with Gasteiger partial charge in [0.15, 0.2) is 9.84 Å². The van der Waals surface area contributed by atoms with Gasteiger partial charge in [0.1, 0.15) is 5.37 Å². The molecule has 8 heteroatoms. The first kappa shape index (κ1) is 14.7. The summed E-state index contributed by atoms with van der Waals surface area (Å²) in [4.78, 5) is 13.1. The lowest BCUT2D eigenvalue weighted by Crippen LogP contribution is -2.52. The van der Waals surface area contributed by atoms with Crippen LogP contribution >= 0.6 is 11.8 Å². The van der Waals surface area contributed by atoms with Gasteiger partial charge in [-0.2, -0.15) is 11.8 Å². The molecule has 17 heavy (non-hydrogen) atoms. The van der Waals surface area contributed by atoms with E-state index in [1.165, 1.54) is 6.26 Å². The minimum absolute atomic E-state index is 0.126. The zero-order valence-electron chi connectivity index (χ0n) is 10.0. The third-order valence-corrected chi connectivity index (χ3v) is 5.49. The maximum absolute atomic E-state index is 11.7. The van der Waals surface area contributed by atoms with Crippen molar-refractivity contribution in [3.05, 3.63) is 0 Å². The predicted octanol–water partition coefficient (Wildman–Crippen LogP) is -0.826. The van der Waals surface area contributed by atoms with Crippen LogP contribution < -0.4 is 11.3 Å². The second-order valence-electron chi connectivity index (χ2n) is 4.22. The van der Waals surface area contributed by atoms with Crippen LogP contribution in [-0.4, -0.2) is 54.9 Å². The van der Waals surface area contributed by atoms with Gasteiger partial charge in [0.25, 0.3) is 0 Å². The Morgan fingerprint density at radius 1 is 1.65 bits per heavy atom. The topological polar surface area (TPSA) is 92.5 Å². The Morgan fingerprint density at radius 2 is 2.29 bits per heavy atom. The summed E-state index contributed by atoms with van der Waals surface area (Å²) in [5.41, 5.74) is 2.07. The van der Waals surface area contributed by atoms with Gasteiger partial charge >= 0.3 is 0 Å². The number of sulfone groups is 1. The van der Waals surface area contributed by atoms with Crippen molar-refractivity contribution in [2.45, 2.75) is 24.8 Å². The molecule has 0 aromatic rings. The number of carbonyl (C=O) groups excluding carboxylic acids is 1. The summed E-state index contributed by atoms with van der Waals surface area (Å²) < 4.78 is 23.4. The zero-order valence-corrected chi connectivity index (χ0v) is 11.7. The number of hydrazine groups is 1. The second kappa shape index (κ2) is 6.03. The number of thioether (sulfide) groups is 1. The van der Waals surface area contributed by atoms with Crippen LogP contribution in [0, 0.1) is 0 Å². The average Bonchev–Trinajstić information content (AvgIpc) is 2.27. The van der Waals surface area contributed by atoms with Crippen LogP contribution in [0.2, 0.25) is 0 Å². The Balaban J connectivity index is 2.74. The number of nitrogens with one attached hydrogen (secondary N) is 1. The molecule has 0 aliphatic carbocycles. The lowest BCUT2D eigenvalue weighted by atomic mass is 10.2. The highest BCUT2D eigenvalue weighted by Gasteiger charge is 2.34. The molecule has 2 atom stereocenters. The average molecular weight is 281 g/mol. The van der Waals surface area contributed by atoms with E-state index in [1.807, 2.05) is 11.8 Å². The first-order valence-electron chi connectivity index (χ1n) is 5.38. The molecule has 1 heterocycles. The standard InChI is InChI=1S/C9H19N3O3S2/c1-7(5-8(13)11-10)12-3-4-16-6-9(12)17(2,14)15/h7,9H,3-6,10H2,1-2H3,(H,11,13). The van der Waals surface area contributed by atoms with Gasteiger partial charge in [0.05, 0.1) is 0 Å². The summed E-state index contributed by atoms with van der Waals surface area (Å²) in [5.74, 6) is 6.21. The van der Waals surface area contributed by atoms with Crippen molar-refractivity contribution in [3.8, 4) is 0 Å². The minimum Gasteiger partial charge on any atom is -0.294 e. The number of hydrogen-bond acceptors (Lipinski definition) is 6. The van der Waals surface area contributed by atoms with Crippen LogP contribution in [0.4, 0.5) is 0 Å². The number of hydrogen-bond donors (Lipinski definition) is 2. The first-order valence-corrected chi connectivity index (χ1v) is 8.49. The lowest BCUT2D eigenvalue weighted by molar-refractivity contribution is -0.122. The molecule has 1 aliphatic heterocycles. The molecule has 0 spiro atoms. The molecule has 0 aromatic carbocycles. The van der Waals surface area contributed by atoms with E-state index in [-0.39, 0.29) is 18.4 Å². The minimum atomic E-state index is -3.12. The van der Waals surface area contributed by atoms with E-state index >= 15 is 0 Å². The van der Waals surface area contributed by atoms with E-state index in [4.69, 9.17) is 5.84 Å². The molecule has 0 saturated carbocycles. The van der Waals surface area contributed by atoms with Crippen LogP contribution in [0.15, 0.2) is 0 Å². The molecular weight excluding hydrogens is 262 g/mol. The first-order chi connectivity index (χ1) is 7.86. The van der Waals surface area contributed by atoms with E-state index in [0.29, 0.717) is 12.3 Å². The summed E-state index contributed by atoms with van der Waals surface area (Å²) in [5, 5.41) is -0.498. The molecule has 3 N–H and O–H groups in total. The second-order valence-corrected chi connectivity index (χ2v) is 7.57. The van der Waals surface area contributed by atoms with Crippen LogP contribution in [0.5, 0.6) is 0 Å². The van der Waals surface area contributed by atoms with E-state index in [2.05, 4.69) is 5.43 Å². The Morgan fingerprint density at radius 3 is 2.82 bits per heavy atom. The smallest absolute Gasteiger partial charge is 0.235 e. The molecule has 1 amide bonds. The maximum atomic E-state index is 11.7. The Bertz CT molecular complexity index is 372. The van der Waals surface area contributed by atoms with Crippen LogP contribution in [0.3, 0.4) is 0 Å². The van der Waals surface area contributed by atoms with E-state index in [0.717, 1.165) is 5.75 Å². The largest absolute Gasteiger partial charge is 0.294 e. The fourth-order valence-electron chi connectivity index (χ4n) is 1.91. The summed E-state index contributed by atoms with van der Waals surface area (Å²) in [7, 11) is -3.12. The van der Waals surface area contributed by atoms with Gasteiger partial charge in [-0.15, -0.1) is 0 Å². The van der Waals surface area contributed by atoms with Crippen molar-refractivity contribution in [2.75, 3.05) is 24.3 Å². The molecule has 1 rings (SSSR count). The molecule has 100 valence electrons. The van der Waals surface area contributed by atoms with Crippen LogP contribution in [-0.2, 0) is 14.6 Å². The fraction of sp³-hybridized carbons (Fsp3) is 0.889. The summed E-state index contributed by atoms with van der Waals surface area (Å²) in [6.07, 6.45) is 1.46. The van der Waals surface area contributed by atoms with Crippen molar-refractivity contribution < 1.29 is 13.2 Å². The van der Waals surface area contributed by atoms with Crippen molar-refractivity contribution in [3.63, 3.8) is 0 Å². The van der Waals surface area contributed by atoms with Gasteiger partial charge in [-0.25, -0.2) is 14.3 Å². The molecule has 1 fully saturated rings. The van der Waals surface area contributed by atoms with Gasteiger partial charge < -0.3 is 0 Å². The summed E-state index contributed by atoms with van der Waals surface area (Å²) in [6, 6.07) is -0.126. The third kappa shape index (κ3) is 4.13. The zero-order chi connectivity index (χ0) is 13.1. The van der Waals surface area contributed by atoms with Crippen LogP contribution in [0.25, 0.3) is 0 Å². The van der Waals surface area contributed by atoms with Crippen molar-refractivity contribution in [2.24, 2.45) is 5.84 Å². The summed E-state index contributed by atoms with van der Waals surface area (Å²) >= 11 is 1.63. The highest BCUT2D eigenvalue weighted by molar-refractivity contribution is 8.00. The Kier molecular flexibility index (Phi) is 5.23. The molecule has 0 radical (unpaired) electrons. The number of rotatable bonds is 4. The van der Waals surface area contributed by atoms with Crippen molar-refractivity contribution in [1.29, 1.82) is 0 Å². The Labute approximate surface area is 106 Å². The normalized spacial score (nSPS) is 24.3. The summed E-state index contributed by atoms with van der Waals surface area (Å²) in [6.45, 7) is 2.53. The number of carbonyl (C=O) groups is 1. The SMILES string of the molecule is CC(CC(=O)NN)N1CCSCC1S(C)(=O)=O.